The molecular formula is C22H27N3O3. The molecule has 1 fully saturated rings. The number of rotatable bonds is 5. The Kier molecular flexibility index (Phi) is 6.19. The molecule has 1 saturated heterocycles. The Morgan fingerprint density at radius 1 is 0.964 bits per heavy atom. The highest BCUT2D eigenvalue weighted by atomic mass is 16.5. The van der Waals surface area contributed by atoms with Crippen LogP contribution in [0.25, 0.3) is 0 Å². The minimum absolute atomic E-state index is 0.0221. The Morgan fingerprint density at radius 3 is 2.25 bits per heavy atom. The highest BCUT2D eigenvalue weighted by molar-refractivity contribution is 5.96. The van der Waals surface area contributed by atoms with E-state index in [0.717, 1.165) is 35.7 Å². The zero-order valence-electron chi connectivity index (χ0n) is 16.7. The topological polar surface area (TPSA) is 61.9 Å². The molecular weight excluding hydrogens is 354 g/mol. The van der Waals surface area contributed by atoms with Gasteiger partial charge in [-0.15, -0.1) is 0 Å². The van der Waals surface area contributed by atoms with E-state index in [1.807, 2.05) is 50.2 Å². The van der Waals surface area contributed by atoms with Gasteiger partial charge in [-0.25, -0.2) is 0 Å². The summed E-state index contributed by atoms with van der Waals surface area (Å²) in [6.45, 7) is 6.82. The zero-order valence-corrected chi connectivity index (χ0v) is 16.7. The fourth-order valence-electron chi connectivity index (χ4n) is 3.26. The number of aryl methyl sites for hydroxylation is 2. The van der Waals surface area contributed by atoms with E-state index in [4.69, 9.17) is 4.74 Å². The Balaban J connectivity index is 1.48. The number of piperazine rings is 1. The third-order valence-electron chi connectivity index (χ3n) is 5.24. The van der Waals surface area contributed by atoms with Crippen LogP contribution in [-0.4, -0.2) is 56.5 Å². The number of hydrogen-bond donors (Lipinski definition) is 1. The van der Waals surface area contributed by atoms with Crippen LogP contribution < -0.4 is 15.0 Å². The first-order valence-electron chi connectivity index (χ1n) is 9.50. The number of methoxy groups -OCH3 is 1. The molecule has 1 aliphatic rings. The average Bonchev–Trinajstić information content (AvgIpc) is 2.74. The number of anilines is 1. The molecule has 0 aliphatic carbocycles. The Morgan fingerprint density at radius 2 is 1.64 bits per heavy atom. The smallest absolute Gasteiger partial charge is 0.251 e. The van der Waals surface area contributed by atoms with Crippen molar-refractivity contribution in [3.63, 3.8) is 0 Å². The molecule has 1 heterocycles. The fraction of sp³-hybridized carbons (Fsp3) is 0.364. The van der Waals surface area contributed by atoms with Crippen LogP contribution in [0.2, 0.25) is 0 Å². The second-order valence-corrected chi connectivity index (χ2v) is 7.05. The summed E-state index contributed by atoms with van der Waals surface area (Å²) in [5.74, 6) is 0.567. The molecule has 0 saturated carbocycles. The number of amides is 2. The van der Waals surface area contributed by atoms with E-state index in [-0.39, 0.29) is 18.4 Å². The highest BCUT2D eigenvalue weighted by Crippen LogP contribution is 2.20. The van der Waals surface area contributed by atoms with Crippen molar-refractivity contribution < 1.29 is 14.3 Å². The van der Waals surface area contributed by atoms with Crippen LogP contribution in [0.1, 0.15) is 21.5 Å². The Labute approximate surface area is 166 Å². The molecule has 1 N–H and O–H groups in total. The van der Waals surface area contributed by atoms with E-state index in [9.17, 15) is 9.59 Å². The van der Waals surface area contributed by atoms with Gasteiger partial charge in [0, 0.05) is 37.4 Å². The lowest BCUT2D eigenvalue weighted by Crippen LogP contribution is -2.51. The van der Waals surface area contributed by atoms with Crippen LogP contribution in [-0.2, 0) is 4.79 Å². The first-order valence-corrected chi connectivity index (χ1v) is 9.50. The first kappa shape index (κ1) is 19.7. The van der Waals surface area contributed by atoms with Crippen LogP contribution in [0.15, 0.2) is 42.5 Å². The van der Waals surface area contributed by atoms with E-state index in [1.165, 1.54) is 0 Å². The zero-order chi connectivity index (χ0) is 20.1. The number of nitrogens with one attached hydrogen (secondary N) is 1. The second kappa shape index (κ2) is 8.78. The molecule has 28 heavy (non-hydrogen) atoms. The largest absolute Gasteiger partial charge is 0.497 e. The Bertz CT molecular complexity index is 841. The molecule has 1 aliphatic heterocycles. The number of nitrogens with zero attached hydrogens (tertiary/aromatic N) is 2. The number of ether oxygens (including phenoxy) is 1. The molecule has 0 aromatic heterocycles. The summed E-state index contributed by atoms with van der Waals surface area (Å²) in [5.41, 5.74) is 3.91. The van der Waals surface area contributed by atoms with Crippen molar-refractivity contribution >= 4 is 17.5 Å². The van der Waals surface area contributed by atoms with Gasteiger partial charge in [0.25, 0.3) is 5.91 Å². The monoisotopic (exact) mass is 381 g/mol. The van der Waals surface area contributed by atoms with Gasteiger partial charge in [-0.1, -0.05) is 6.07 Å². The maximum atomic E-state index is 12.5. The standard InChI is InChI=1S/C22H27N3O3/c1-16-4-5-18(14-17(16)2)22(27)23-15-21(26)25-12-10-24(11-13-25)19-6-8-20(28-3)9-7-19/h4-9,14H,10-13,15H2,1-3H3,(H,23,27). The summed E-state index contributed by atoms with van der Waals surface area (Å²) in [4.78, 5) is 28.8. The SMILES string of the molecule is COc1ccc(N2CCN(C(=O)CNC(=O)c3ccc(C)c(C)c3)CC2)cc1. The normalized spacial score (nSPS) is 14.0. The predicted molar refractivity (Wildman–Crippen MR) is 110 cm³/mol. The van der Waals surface area contributed by atoms with Gasteiger partial charge in [-0.3, -0.25) is 9.59 Å². The van der Waals surface area contributed by atoms with E-state index in [1.54, 1.807) is 18.1 Å². The van der Waals surface area contributed by atoms with Crippen molar-refractivity contribution in [2.75, 3.05) is 44.7 Å². The molecule has 0 atom stereocenters. The molecule has 0 bridgehead atoms. The summed E-state index contributed by atoms with van der Waals surface area (Å²) in [7, 11) is 1.65. The molecule has 6 heteroatoms. The van der Waals surface area contributed by atoms with Crippen LogP contribution in [0.3, 0.4) is 0 Å². The van der Waals surface area contributed by atoms with Gasteiger partial charge < -0.3 is 19.9 Å². The van der Waals surface area contributed by atoms with Crippen molar-refractivity contribution in [3.05, 3.63) is 59.2 Å². The summed E-state index contributed by atoms with van der Waals surface area (Å²) in [5, 5.41) is 2.74. The van der Waals surface area contributed by atoms with Crippen molar-refractivity contribution in [2.45, 2.75) is 13.8 Å². The van der Waals surface area contributed by atoms with Crippen LogP contribution >= 0.6 is 0 Å². The van der Waals surface area contributed by atoms with Crippen molar-refractivity contribution in [2.24, 2.45) is 0 Å². The van der Waals surface area contributed by atoms with Gasteiger partial charge in [-0.05, 0) is 61.4 Å². The fourth-order valence-corrected chi connectivity index (χ4v) is 3.26. The summed E-state index contributed by atoms with van der Waals surface area (Å²) in [6.07, 6.45) is 0. The van der Waals surface area contributed by atoms with Gasteiger partial charge in [0.1, 0.15) is 5.75 Å². The lowest BCUT2D eigenvalue weighted by molar-refractivity contribution is -0.130. The van der Waals surface area contributed by atoms with Gasteiger partial charge in [0.05, 0.1) is 13.7 Å². The van der Waals surface area contributed by atoms with E-state index < -0.39 is 0 Å². The number of benzene rings is 2. The molecule has 2 aromatic carbocycles. The number of hydrogen-bond acceptors (Lipinski definition) is 4. The minimum atomic E-state index is -0.215. The molecule has 0 radical (unpaired) electrons. The molecule has 2 amide bonds. The third kappa shape index (κ3) is 4.63. The maximum absolute atomic E-state index is 12.5. The van der Waals surface area contributed by atoms with E-state index in [2.05, 4.69) is 10.2 Å². The average molecular weight is 381 g/mol. The molecule has 2 aromatic rings. The highest BCUT2D eigenvalue weighted by Gasteiger charge is 2.21. The van der Waals surface area contributed by atoms with Crippen molar-refractivity contribution in [1.29, 1.82) is 0 Å². The van der Waals surface area contributed by atoms with Gasteiger partial charge in [-0.2, -0.15) is 0 Å². The van der Waals surface area contributed by atoms with E-state index >= 15 is 0 Å². The second-order valence-electron chi connectivity index (χ2n) is 7.05. The third-order valence-corrected chi connectivity index (χ3v) is 5.24. The van der Waals surface area contributed by atoms with E-state index in [0.29, 0.717) is 18.7 Å². The predicted octanol–water partition coefficient (Wildman–Crippen LogP) is 2.39. The Hall–Kier alpha value is -3.02. The lowest BCUT2D eigenvalue weighted by Gasteiger charge is -2.36. The van der Waals surface area contributed by atoms with Gasteiger partial charge >= 0.3 is 0 Å². The van der Waals surface area contributed by atoms with Crippen LogP contribution in [0.4, 0.5) is 5.69 Å². The van der Waals surface area contributed by atoms with Crippen LogP contribution in [0.5, 0.6) is 5.75 Å². The maximum Gasteiger partial charge on any atom is 0.251 e. The van der Waals surface area contributed by atoms with Gasteiger partial charge in [0.15, 0.2) is 0 Å². The lowest BCUT2D eigenvalue weighted by atomic mass is 10.1. The molecule has 6 nitrogen and oxygen atoms in total. The number of carbonyl (C=O) groups is 2. The molecule has 148 valence electrons. The quantitative estimate of drug-likeness (QED) is 0.864. The minimum Gasteiger partial charge on any atom is -0.497 e. The van der Waals surface area contributed by atoms with Crippen molar-refractivity contribution in [3.8, 4) is 5.75 Å². The first-order chi connectivity index (χ1) is 13.5. The molecule has 0 spiro atoms. The molecule has 3 rings (SSSR count). The number of carbonyl (C=O) groups excluding carboxylic acids is 2. The van der Waals surface area contributed by atoms with Crippen LogP contribution in [0, 0.1) is 13.8 Å². The van der Waals surface area contributed by atoms with Gasteiger partial charge in [0.2, 0.25) is 5.91 Å². The summed E-state index contributed by atoms with van der Waals surface area (Å²) >= 11 is 0. The van der Waals surface area contributed by atoms with Crippen molar-refractivity contribution in [1.82, 2.24) is 10.2 Å². The molecule has 0 unspecified atom stereocenters. The summed E-state index contributed by atoms with van der Waals surface area (Å²) in [6, 6.07) is 13.5. The summed E-state index contributed by atoms with van der Waals surface area (Å²) < 4.78 is 5.19.